The summed E-state index contributed by atoms with van der Waals surface area (Å²) >= 11 is 0. The molecular formula is C19H20KO3. The van der Waals surface area contributed by atoms with Gasteiger partial charge >= 0.3 is 5.97 Å². The molecule has 1 aliphatic heterocycles. The summed E-state index contributed by atoms with van der Waals surface area (Å²) in [5.74, 6) is 1.87. The van der Waals surface area contributed by atoms with E-state index in [1.165, 1.54) is 0 Å². The first kappa shape index (κ1) is 18.7. The molecule has 3 nitrogen and oxygen atoms in total. The number of fused-ring (bicyclic) bond motifs is 2. The Labute approximate surface area is 179 Å². The Morgan fingerprint density at radius 3 is 2.65 bits per heavy atom. The van der Waals surface area contributed by atoms with Gasteiger partial charge in [-0.15, -0.1) is 0 Å². The fourth-order valence-corrected chi connectivity index (χ4v) is 2.56. The predicted octanol–water partition coefficient (Wildman–Crippen LogP) is 4.21. The van der Waals surface area contributed by atoms with Crippen LogP contribution in [0.4, 0.5) is 0 Å². The monoisotopic (exact) mass is 335 g/mol. The summed E-state index contributed by atoms with van der Waals surface area (Å²) in [5.41, 5.74) is 2.61. The van der Waals surface area contributed by atoms with E-state index in [2.05, 4.69) is 13.8 Å². The van der Waals surface area contributed by atoms with E-state index < -0.39 is 0 Å². The van der Waals surface area contributed by atoms with Crippen molar-refractivity contribution in [2.45, 2.75) is 26.7 Å². The van der Waals surface area contributed by atoms with Gasteiger partial charge in [0.2, 0.25) is 0 Å². The first-order chi connectivity index (χ1) is 10.6. The maximum atomic E-state index is 12.3. The molecule has 1 heterocycles. The largest absolute Gasteiger partial charge is 0.462 e. The van der Waals surface area contributed by atoms with Crippen molar-refractivity contribution in [3.05, 3.63) is 59.2 Å². The fourth-order valence-electron chi connectivity index (χ4n) is 2.56. The van der Waals surface area contributed by atoms with Crippen LogP contribution in [0.3, 0.4) is 0 Å². The van der Waals surface area contributed by atoms with Crippen molar-refractivity contribution in [1.29, 1.82) is 0 Å². The smallest absolute Gasteiger partial charge is 0.338 e. The maximum Gasteiger partial charge on any atom is 0.338 e. The van der Waals surface area contributed by atoms with Crippen molar-refractivity contribution in [3.63, 3.8) is 0 Å². The molecule has 0 N–H and O–H groups in total. The molecule has 4 heteroatoms. The van der Waals surface area contributed by atoms with Crippen LogP contribution in [-0.4, -0.2) is 64.0 Å². The Kier molecular flexibility index (Phi) is 6.86. The number of hydrogen-bond acceptors (Lipinski definition) is 3. The quantitative estimate of drug-likeness (QED) is 0.529. The van der Waals surface area contributed by atoms with Gasteiger partial charge in [-0.2, -0.15) is 0 Å². The van der Waals surface area contributed by atoms with Crippen LogP contribution in [0.2, 0.25) is 0 Å². The SMILES string of the molecule is CC(C)CCOC(=O)c1cccc2c1Cc1ccccc1O2.[K]. The van der Waals surface area contributed by atoms with Gasteiger partial charge in [0.25, 0.3) is 0 Å². The molecule has 0 amide bonds. The molecule has 0 aromatic heterocycles. The summed E-state index contributed by atoms with van der Waals surface area (Å²) < 4.78 is 11.3. The van der Waals surface area contributed by atoms with Crippen molar-refractivity contribution < 1.29 is 14.3 Å². The zero-order valence-corrected chi connectivity index (χ0v) is 17.1. The standard InChI is InChI=1S/C19H20O3.K/c1-13(2)10-11-21-19(20)15-7-5-9-18-16(15)12-14-6-3-4-8-17(14)22-18;/h3-9,13H,10-12H2,1-2H3;. The molecule has 115 valence electrons. The number of ether oxygens (including phenoxy) is 2. The first-order valence-electron chi connectivity index (χ1n) is 7.70. The van der Waals surface area contributed by atoms with Gasteiger partial charge in [-0.3, -0.25) is 0 Å². The fraction of sp³-hybridized carbons (Fsp3) is 0.316. The molecule has 0 atom stereocenters. The van der Waals surface area contributed by atoms with E-state index in [9.17, 15) is 4.79 Å². The molecule has 0 bridgehead atoms. The normalized spacial score (nSPS) is 11.8. The van der Waals surface area contributed by atoms with E-state index in [0.717, 1.165) is 29.0 Å². The molecular weight excluding hydrogens is 315 g/mol. The molecule has 0 aliphatic carbocycles. The molecule has 1 aliphatic rings. The van der Waals surface area contributed by atoms with E-state index in [4.69, 9.17) is 9.47 Å². The third kappa shape index (κ3) is 4.46. The van der Waals surface area contributed by atoms with Crippen LogP contribution in [0, 0.1) is 5.92 Å². The third-order valence-corrected chi connectivity index (χ3v) is 3.84. The molecule has 0 saturated carbocycles. The van der Waals surface area contributed by atoms with E-state index in [0.29, 0.717) is 24.5 Å². The minimum absolute atomic E-state index is 0. The van der Waals surface area contributed by atoms with Crippen LogP contribution in [0.15, 0.2) is 42.5 Å². The van der Waals surface area contributed by atoms with Crippen molar-refractivity contribution in [3.8, 4) is 11.5 Å². The second-order valence-electron chi connectivity index (χ2n) is 5.99. The Morgan fingerprint density at radius 2 is 1.87 bits per heavy atom. The van der Waals surface area contributed by atoms with Crippen LogP contribution >= 0.6 is 0 Å². The zero-order valence-electron chi connectivity index (χ0n) is 14.0. The van der Waals surface area contributed by atoms with Gasteiger partial charge in [0, 0.05) is 63.4 Å². The maximum absolute atomic E-state index is 12.3. The Hall–Kier alpha value is -0.654. The summed E-state index contributed by atoms with van der Waals surface area (Å²) in [4.78, 5) is 12.3. The van der Waals surface area contributed by atoms with Gasteiger partial charge in [-0.25, -0.2) is 4.79 Å². The molecule has 2 aromatic rings. The summed E-state index contributed by atoms with van der Waals surface area (Å²) in [6, 6.07) is 13.5. The Morgan fingerprint density at radius 1 is 1.13 bits per heavy atom. The molecule has 0 saturated heterocycles. The van der Waals surface area contributed by atoms with Gasteiger partial charge in [-0.05, 0) is 36.1 Å². The van der Waals surface area contributed by atoms with Crippen molar-refractivity contribution in [2.24, 2.45) is 5.92 Å². The van der Waals surface area contributed by atoms with Crippen LogP contribution in [0.25, 0.3) is 0 Å². The van der Waals surface area contributed by atoms with E-state index >= 15 is 0 Å². The second kappa shape index (κ2) is 8.45. The van der Waals surface area contributed by atoms with Gasteiger partial charge in [0.15, 0.2) is 0 Å². The molecule has 3 rings (SSSR count). The molecule has 2 aromatic carbocycles. The number of rotatable bonds is 4. The number of para-hydroxylation sites is 1. The zero-order chi connectivity index (χ0) is 15.5. The summed E-state index contributed by atoms with van der Waals surface area (Å²) in [7, 11) is 0. The molecule has 23 heavy (non-hydrogen) atoms. The Bertz CT molecular complexity index is 695. The minimum Gasteiger partial charge on any atom is -0.462 e. The van der Waals surface area contributed by atoms with Crippen molar-refractivity contribution in [2.75, 3.05) is 6.61 Å². The summed E-state index contributed by atoms with van der Waals surface area (Å²) in [5, 5.41) is 0. The topological polar surface area (TPSA) is 35.5 Å². The van der Waals surface area contributed by atoms with E-state index in [1.807, 2.05) is 42.5 Å². The van der Waals surface area contributed by atoms with Crippen LogP contribution in [0.5, 0.6) is 11.5 Å². The minimum atomic E-state index is -0.263. The predicted molar refractivity (Wildman–Crippen MR) is 91.3 cm³/mol. The van der Waals surface area contributed by atoms with Gasteiger partial charge < -0.3 is 9.47 Å². The number of benzene rings is 2. The average Bonchev–Trinajstić information content (AvgIpc) is 2.51. The molecule has 0 unspecified atom stereocenters. The third-order valence-electron chi connectivity index (χ3n) is 3.84. The average molecular weight is 335 g/mol. The summed E-state index contributed by atoms with van der Waals surface area (Å²) in [6.45, 7) is 4.68. The van der Waals surface area contributed by atoms with E-state index in [-0.39, 0.29) is 57.4 Å². The van der Waals surface area contributed by atoms with Gasteiger partial charge in [0.05, 0.1) is 12.2 Å². The van der Waals surface area contributed by atoms with Crippen molar-refractivity contribution >= 4 is 57.4 Å². The van der Waals surface area contributed by atoms with Gasteiger partial charge in [0.1, 0.15) is 11.5 Å². The van der Waals surface area contributed by atoms with Crippen LogP contribution in [0.1, 0.15) is 41.8 Å². The van der Waals surface area contributed by atoms with Crippen LogP contribution in [-0.2, 0) is 11.2 Å². The molecule has 1 radical (unpaired) electrons. The first-order valence-corrected chi connectivity index (χ1v) is 7.70. The molecule has 0 fully saturated rings. The molecule has 0 spiro atoms. The number of carbonyl (C=O) groups excluding carboxylic acids is 1. The van der Waals surface area contributed by atoms with Crippen LogP contribution < -0.4 is 4.74 Å². The number of esters is 1. The Balaban J connectivity index is 0.00000192. The van der Waals surface area contributed by atoms with E-state index in [1.54, 1.807) is 0 Å². The second-order valence-corrected chi connectivity index (χ2v) is 5.99. The van der Waals surface area contributed by atoms with Crippen molar-refractivity contribution in [1.82, 2.24) is 0 Å². The number of carbonyl (C=O) groups is 1. The number of hydrogen-bond donors (Lipinski definition) is 0. The van der Waals surface area contributed by atoms with Gasteiger partial charge in [-0.1, -0.05) is 38.1 Å². The summed E-state index contributed by atoms with van der Waals surface area (Å²) in [6.07, 6.45) is 1.57.